The van der Waals surface area contributed by atoms with Crippen LogP contribution in [0.5, 0.6) is 0 Å². The van der Waals surface area contributed by atoms with Crippen LogP contribution in [0, 0.1) is 11.8 Å². The minimum absolute atomic E-state index is 0.318. The second-order valence-electron chi connectivity index (χ2n) is 4.11. The molecule has 1 rings (SSSR count). The highest BCUT2D eigenvalue weighted by Crippen LogP contribution is 2.30. The molecule has 0 aromatic rings. The van der Waals surface area contributed by atoms with E-state index in [1.165, 1.54) is 25.7 Å². The number of carbonyl (C=O) groups excluding carboxylic acids is 1. The van der Waals surface area contributed by atoms with Crippen LogP contribution in [0.15, 0.2) is 0 Å². The average Bonchev–Trinajstić information content (AvgIpc) is 2.55. The van der Waals surface area contributed by atoms with Gasteiger partial charge >= 0.3 is 0 Å². The molecular weight excluding hydrogens is 148 g/mol. The van der Waals surface area contributed by atoms with E-state index >= 15 is 0 Å². The molecule has 0 aromatic heterocycles. The Morgan fingerprint density at radius 3 is 2.50 bits per heavy atom. The molecule has 1 saturated carbocycles. The van der Waals surface area contributed by atoms with Crippen LogP contribution in [0.2, 0.25) is 0 Å². The van der Waals surface area contributed by atoms with Crippen LogP contribution in [0.3, 0.4) is 0 Å². The SMILES string of the molecule is CCC(=O)C(C)CC1CCCC1. The molecule has 1 nitrogen and oxygen atoms in total. The van der Waals surface area contributed by atoms with Gasteiger partial charge in [0.2, 0.25) is 0 Å². The fraction of sp³-hybridized carbons (Fsp3) is 0.909. The van der Waals surface area contributed by atoms with E-state index in [1.54, 1.807) is 0 Å². The van der Waals surface area contributed by atoms with Crippen molar-refractivity contribution in [3.8, 4) is 0 Å². The van der Waals surface area contributed by atoms with E-state index in [0.29, 0.717) is 18.1 Å². The standard InChI is InChI=1S/C11H20O/c1-3-11(12)9(2)8-10-6-4-5-7-10/h9-10H,3-8H2,1-2H3. The molecule has 0 bridgehead atoms. The van der Waals surface area contributed by atoms with E-state index in [9.17, 15) is 4.79 Å². The van der Waals surface area contributed by atoms with Crippen molar-refractivity contribution in [1.82, 2.24) is 0 Å². The third kappa shape index (κ3) is 2.62. The lowest BCUT2D eigenvalue weighted by atomic mass is 9.91. The van der Waals surface area contributed by atoms with Crippen molar-refractivity contribution in [2.24, 2.45) is 11.8 Å². The lowest BCUT2D eigenvalue weighted by molar-refractivity contribution is -0.122. The topological polar surface area (TPSA) is 17.1 Å². The van der Waals surface area contributed by atoms with Crippen LogP contribution >= 0.6 is 0 Å². The Morgan fingerprint density at radius 1 is 1.42 bits per heavy atom. The van der Waals surface area contributed by atoms with Gasteiger partial charge in [-0.15, -0.1) is 0 Å². The van der Waals surface area contributed by atoms with Crippen molar-refractivity contribution in [3.05, 3.63) is 0 Å². The van der Waals surface area contributed by atoms with Gasteiger partial charge in [-0.25, -0.2) is 0 Å². The van der Waals surface area contributed by atoms with E-state index < -0.39 is 0 Å². The van der Waals surface area contributed by atoms with Gasteiger partial charge in [-0.2, -0.15) is 0 Å². The molecule has 0 aliphatic heterocycles. The molecule has 1 heteroatoms. The summed E-state index contributed by atoms with van der Waals surface area (Å²) < 4.78 is 0. The number of hydrogen-bond donors (Lipinski definition) is 0. The van der Waals surface area contributed by atoms with Crippen LogP contribution in [0.4, 0.5) is 0 Å². The first-order chi connectivity index (χ1) is 5.74. The zero-order chi connectivity index (χ0) is 8.97. The Labute approximate surface area is 75.5 Å². The Bertz CT molecular complexity index is 145. The molecule has 0 amide bonds. The first-order valence-corrected chi connectivity index (χ1v) is 5.26. The second kappa shape index (κ2) is 4.64. The Morgan fingerprint density at radius 2 is 2.00 bits per heavy atom. The highest BCUT2D eigenvalue weighted by atomic mass is 16.1. The summed E-state index contributed by atoms with van der Waals surface area (Å²) in [5.41, 5.74) is 0. The quantitative estimate of drug-likeness (QED) is 0.630. The Hall–Kier alpha value is -0.330. The minimum atomic E-state index is 0.318. The molecule has 1 atom stereocenters. The van der Waals surface area contributed by atoms with Crippen molar-refractivity contribution in [2.45, 2.75) is 52.4 Å². The van der Waals surface area contributed by atoms with Gasteiger partial charge in [-0.3, -0.25) is 4.79 Å². The summed E-state index contributed by atoms with van der Waals surface area (Å²) in [5, 5.41) is 0. The minimum Gasteiger partial charge on any atom is -0.299 e. The smallest absolute Gasteiger partial charge is 0.135 e. The maximum Gasteiger partial charge on any atom is 0.135 e. The number of Topliss-reactive ketones (excluding diaryl/α,β-unsaturated/α-hetero) is 1. The molecule has 0 N–H and O–H groups in total. The van der Waals surface area contributed by atoms with Crippen LogP contribution in [0.25, 0.3) is 0 Å². The summed E-state index contributed by atoms with van der Waals surface area (Å²) in [5.74, 6) is 1.62. The normalized spacial score (nSPS) is 21.2. The Balaban J connectivity index is 2.24. The largest absolute Gasteiger partial charge is 0.299 e. The monoisotopic (exact) mass is 168 g/mol. The molecule has 0 aromatic carbocycles. The van der Waals surface area contributed by atoms with E-state index in [2.05, 4.69) is 6.92 Å². The molecule has 1 fully saturated rings. The van der Waals surface area contributed by atoms with Crippen molar-refractivity contribution in [1.29, 1.82) is 0 Å². The number of ketones is 1. The highest BCUT2D eigenvalue weighted by molar-refractivity contribution is 5.80. The van der Waals surface area contributed by atoms with E-state index in [-0.39, 0.29) is 0 Å². The molecule has 0 spiro atoms. The maximum absolute atomic E-state index is 11.3. The number of hydrogen-bond acceptors (Lipinski definition) is 1. The summed E-state index contributed by atoms with van der Waals surface area (Å²) in [4.78, 5) is 11.3. The van der Waals surface area contributed by atoms with E-state index in [1.807, 2.05) is 6.92 Å². The molecule has 0 heterocycles. The van der Waals surface area contributed by atoms with Crippen molar-refractivity contribution >= 4 is 5.78 Å². The predicted octanol–water partition coefficient (Wildman–Crippen LogP) is 3.18. The molecule has 0 radical (unpaired) electrons. The number of rotatable bonds is 4. The molecule has 1 aliphatic rings. The lowest BCUT2D eigenvalue weighted by Gasteiger charge is -2.13. The molecular formula is C11H20O. The fourth-order valence-electron chi connectivity index (χ4n) is 2.23. The van der Waals surface area contributed by atoms with Crippen LogP contribution in [-0.4, -0.2) is 5.78 Å². The van der Waals surface area contributed by atoms with Crippen molar-refractivity contribution in [2.75, 3.05) is 0 Å². The second-order valence-corrected chi connectivity index (χ2v) is 4.11. The van der Waals surface area contributed by atoms with Crippen LogP contribution < -0.4 is 0 Å². The lowest BCUT2D eigenvalue weighted by Crippen LogP contribution is -2.12. The van der Waals surface area contributed by atoms with Gasteiger partial charge in [0.05, 0.1) is 0 Å². The zero-order valence-electron chi connectivity index (χ0n) is 8.31. The molecule has 0 saturated heterocycles. The summed E-state index contributed by atoms with van der Waals surface area (Å²) in [6.07, 6.45) is 7.36. The van der Waals surface area contributed by atoms with Gasteiger partial charge in [-0.05, 0) is 12.3 Å². The van der Waals surface area contributed by atoms with E-state index in [0.717, 1.165) is 12.3 Å². The first-order valence-electron chi connectivity index (χ1n) is 5.26. The number of carbonyl (C=O) groups is 1. The molecule has 70 valence electrons. The molecule has 1 aliphatic carbocycles. The van der Waals surface area contributed by atoms with Crippen LogP contribution in [-0.2, 0) is 4.79 Å². The van der Waals surface area contributed by atoms with Gasteiger partial charge in [-0.1, -0.05) is 39.5 Å². The van der Waals surface area contributed by atoms with Gasteiger partial charge < -0.3 is 0 Å². The van der Waals surface area contributed by atoms with E-state index in [4.69, 9.17) is 0 Å². The summed E-state index contributed by atoms with van der Waals surface area (Å²) >= 11 is 0. The first kappa shape index (κ1) is 9.76. The highest BCUT2D eigenvalue weighted by Gasteiger charge is 2.20. The van der Waals surface area contributed by atoms with Gasteiger partial charge in [0, 0.05) is 12.3 Å². The summed E-state index contributed by atoms with van der Waals surface area (Å²) in [7, 11) is 0. The summed E-state index contributed by atoms with van der Waals surface area (Å²) in [6, 6.07) is 0. The van der Waals surface area contributed by atoms with Crippen LogP contribution in [0.1, 0.15) is 52.4 Å². The maximum atomic E-state index is 11.3. The van der Waals surface area contributed by atoms with Crippen molar-refractivity contribution in [3.63, 3.8) is 0 Å². The third-order valence-electron chi connectivity index (χ3n) is 3.06. The zero-order valence-corrected chi connectivity index (χ0v) is 8.31. The predicted molar refractivity (Wildman–Crippen MR) is 51.0 cm³/mol. The van der Waals surface area contributed by atoms with Gasteiger partial charge in [0.15, 0.2) is 0 Å². The third-order valence-corrected chi connectivity index (χ3v) is 3.06. The summed E-state index contributed by atoms with van der Waals surface area (Å²) in [6.45, 7) is 4.05. The molecule has 12 heavy (non-hydrogen) atoms. The molecule has 1 unspecified atom stereocenters. The van der Waals surface area contributed by atoms with Crippen molar-refractivity contribution < 1.29 is 4.79 Å². The van der Waals surface area contributed by atoms with Gasteiger partial charge in [0.25, 0.3) is 0 Å². The average molecular weight is 168 g/mol. The Kier molecular flexibility index (Phi) is 3.77. The fourth-order valence-corrected chi connectivity index (χ4v) is 2.23. The van der Waals surface area contributed by atoms with Gasteiger partial charge in [0.1, 0.15) is 5.78 Å².